The average Bonchev–Trinajstić information content (AvgIpc) is 2.10. The predicted octanol–water partition coefficient (Wildman–Crippen LogP) is 1.99. The summed E-state index contributed by atoms with van der Waals surface area (Å²) in [5.74, 6) is 0. The third-order valence-corrected chi connectivity index (χ3v) is 1.68. The predicted molar refractivity (Wildman–Crippen MR) is 51.9 cm³/mol. The summed E-state index contributed by atoms with van der Waals surface area (Å²) < 4.78 is 0. The first-order valence-electron chi connectivity index (χ1n) is 4.23. The van der Waals surface area contributed by atoms with Crippen molar-refractivity contribution in [2.75, 3.05) is 7.05 Å². The van der Waals surface area contributed by atoms with Crippen LogP contribution in [-0.4, -0.2) is 24.4 Å². The summed E-state index contributed by atoms with van der Waals surface area (Å²) in [6.45, 7) is 4.07. The standard InChI is InChI=1S/C10H17NO/c1-4-5-6-7-8-10(2)11(3)9-12/h5-10H,4H2,1-3H3/b6-5-,8-7-. The van der Waals surface area contributed by atoms with Gasteiger partial charge in [0.2, 0.25) is 6.41 Å². The minimum absolute atomic E-state index is 0.170. The Morgan fingerprint density at radius 1 is 1.42 bits per heavy atom. The molecule has 0 rings (SSSR count). The molecule has 0 aliphatic rings. The summed E-state index contributed by atoms with van der Waals surface area (Å²) in [6, 6.07) is 0.170. The van der Waals surface area contributed by atoms with E-state index in [2.05, 4.69) is 13.0 Å². The zero-order chi connectivity index (χ0) is 9.40. The number of hydrogen-bond acceptors (Lipinski definition) is 1. The van der Waals surface area contributed by atoms with Gasteiger partial charge in [-0.3, -0.25) is 4.79 Å². The van der Waals surface area contributed by atoms with Crippen molar-refractivity contribution in [3.05, 3.63) is 24.3 Å². The van der Waals surface area contributed by atoms with Crippen molar-refractivity contribution < 1.29 is 4.79 Å². The molecule has 2 nitrogen and oxygen atoms in total. The third kappa shape index (κ3) is 4.72. The van der Waals surface area contributed by atoms with E-state index in [1.165, 1.54) is 0 Å². The average molecular weight is 167 g/mol. The second kappa shape index (κ2) is 6.65. The van der Waals surface area contributed by atoms with Crippen molar-refractivity contribution in [1.82, 2.24) is 4.90 Å². The number of carbonyl (C=O) groups is 1. The monoisotopic (exact) mass is 167 g/mol. The van der Waals surface area contributed by atoms with Gasteiger partial charge in [-0.2, -0.15) is 0 Å². The van der Waals surface area contributed by atoms with Gasteiger partial charge in [0, 0.05) is 13.1 Å². The highest BCUT2D eigenvalue weighted by atomic mass is 16.1. The van der Waals surface area contributed by atoms with Crippen LogP contribution in [0, 0.1) is 0 Å². The van der Waals surface area contributed by atoms with Crippen LogP contribution in [0.25, 0.3) is 0 Å². The van der Waals surface area contributed by atoms with Crippen molar-refractivity contribution in [2.24, 2.45) is 0 Å². The van der Waals surface area contributed by atoms with Crippen LogP contribution in [0.5, 0.6) is 0 Å². The molecule has 0 spiro atoms. The molecule has 0 saturated carbocycles. The summed E-state index contributed by atoms with van der Waals surface area (Å²) in [4.78, 5) is 11.9. The van der Waals surface area contributed by atoms with E-state index in [-0.39, 0.29) is 6.04 Å². The molecule has 12 heavy (non-hydrogen) atoms. The van der Waals surface area contributed by atoms with Gasteiger partial charge in [-0.25, -0.2) is 0 Å². The summed E-state index contributed by atoms with van der Waals surface area (Å²) in [5, 5.41) is 0. The minimum atomic E-state index is 0.170. The minimum Gasteiger partial charge on any atom is -0.342 e. The van der Waals surface area contributed by atoms with E-state index >= 15 is 0 Å². The number of carbonyl (C=O) groups excluding carboxylic acids is 1. The van der Waals surface area contributed by atoms with E-state index in [0.717, 1.165) is 12.8 Å². The van der Waals surface area contributed by atoms with Crippen molar-refractivity contribution in [2.45, 2.75) is 26.3 Å². The molecule has 0 fully saturated rings. The summed E-state index contributed by atoms with van der Waals surface area (Å²) in [6.07, 6.45) is 9.90. The van der Waals surface area contributed by atoms with Gasteiger partial charge < -0.3 is 4.90 Å². The summed E-state index contributed by atoms with van der Waals surface area (Å²) in [5.41, 5.74) is 0. The molecule has 0 saturated heterocycles. The zero-order valence-corrected chi connectivity index (χ0v) is 8.03. The number of amides is 1. The lowest BCUT2D eigenvalue weighted by Gasteiger charge is -2.15. The molecular weight excluding hydrogens is 150 g/mol. The summed E-state index contributed by atoms with van der Waals surface area (Å²) >= 11 is 0. The lowest BCUT2D eigenvalue weighted by molar-refractivity contribution is -0.117. The van der Waals surface area contributed by atoms with Crippen LogP contribution in [0.3, 0.4) is 0 Å². The SMILES string of the molecule is CC/C=C\C=C/C(C)N(C)C=O. The quantitative estimate of drug-likeness (QED) is 0.453. The van der Waals surface area contributed by atoms with Gasteiger partial charge in [0.25, 0.3) is 0 Å². The van der Waals surface area contributed by atoms with Gasteiger partial charge in [-0.15, -0.1) is 0 Å². The molecule has 1 unspecified atom stereocenters. The van der Waals surface area contributed by atoms with Gasteiger partial charge in [-0.05, 0) is 13.3 Å². The molecule has 0 aromatic heterocycles. The highest BCUT2D eigenvalue weighted by Crippen LogP contribution is 1.94. The van der Waals surface area contributed by atoms with Crippen molar-refractivity contribution in [1.29, 1.82) is 0 Å². The normalized spacial score (nSPS) is 13.9. The maximum atomic E-state index is 10.3. The molecule has 0 aliphatic heterocycles. The van der Waals surface area contributed by atoms with E-state index in [9.17, 15) is 4.79 Å². The molecule has 0 radical (unpaired) electrons. The Kier molecular flexibility index (Phi) is 6.07. The Labute approximate surface area is 74.6 Å². The van der Waals surface area contributed by atoms with Gasteiger partial charge in [0.1, 0.15) is 0 Å². The molecule has 2 heteroatoms. The van der Waals surface area contributed by atoms with Gasteiger partial charge >= 0.3 is 0 Å². The second-order valence-electron chi connectivity index (χ2n) is 2.73. The van der Waals surface area contributed by atoms with Crippen LogP contribution in [-0.2, 0) is 4.79 Å². The van der Waals surface area contributed by atoms with E-state index in [4.69, 9.17) is 0 Å². The Balaban J connectivity index is 3.81. The Morgan fingerprint density at radius 2 is 2.08 bits per heavy atom. The first-order valence-corrected chi connectivity index (χ1v) is 4.23. The molecular formula is C10H17NO. The van der Waals surface area contributed by atoms with E-state index in [0.29, 0.717) is 0 Å². The van der Waals surface area contributed by atoms with Crippen molar-refractivity contribution >= 4 is 6.41 Å². The Morgan fingerprint density at radius 3 is 2.58 bits per heavy atom. The fourth-order valence-electron chi connectivity index (χ4n) is 0.671. The van der Waals surface area contributed by atoms with E-state index in [1.54, 1.807) is 11.9 Å². The van der Waals surface area contributed by atoms with Crippen LogP contribution < -0.4 is 0 Å². The second-order valence-corrected chi connectivity index (χ2v) is 2.73. The van der Waals surface area contributed by atoms with Crippen LogP contribution in [0.4, 0.5) is 0 Å². The number of rotatable bonds is 5. The number of allylic oxidation sites excluding steroid dienone is 3. The zero-order valence-electron chi connectivity index (χ0n) is 8.03. The van der Waals surface area contributed by atoms with Gasteiger partial charge in [0.05, 0.1) is 0 Å². The maximum Gasteiger partial charge on any atom is 0.209 e. The van der Waals surface area contributed by atoms with E-state index in [1.807, 2.05) is 25.2 Å². The molecule has 0 aromatic rings. The van der Waals surface area contributed by atoms with Crippen molar-refractivity contribution in [3.8, 4) is 0 Å². The molecule has 1 amide bonds. The Hall–Kier alpha value is -1.05. The lowest BCUT2D eigenvalue weighted by atomic mass is 10.2. The largest absolute Gasteiger partial charge is 0.342 e. The van der Waals surface area contributed by atoms with Crippen molar-refractivity contribution in [3.63, 3.8) is 0 Å². The molecule has 0 N–H and O–H groups in total. The highest BCUT2D eigenvalue weighted by Gasteiger charge is 1.99. The van der Waals surface area contributed by atoms with Crippen LogP contribution in [0.1, 0.15) is 20.3 Å². The van der Waals surface area contributed by atoms with Crippen LogP contribution in [0.2, 0.25) is 0 Å². The summed E-state index contributed by atoms with van der Waals surface area (Å²) in [7, 11) is 1.77. The lowest BCUT2D eigenvalue weighted by Crippen LogP contribution is -2.25. The number of nitrogens with zero attached hydrogens (tertiary/aromatic N) is 1. The van der Waals surface area contributed by atoms with E-state index < -0.39 is 0 Å². The topological polar surface area (TPSA) is 20.3 Å². The fourth-order valence-corrected chi connectivity index (χ4v) is 0.671. The molecule has 68 valence electrons. The van der Waals surface area contributed by atoms with Crippen LogP contribution in [0.15, 0.2) is 24.3 Å². The smallest absolute Gasteiger partial charge is 0.209 e. The van der Waals surface area contributed by atoms with Crippen LogP contribution >= 0.6 is 0 Å². The third-order valence-electron chi connectivity index (χ3n) is 1.68. The fraction of sp³-hybridized carbons (Fsp3) is 0.500. The Bertz CT molecular complexity index is 173. The molecule has 1 atom stereocenters. The molecule has 0 bridgehead atoms. The molecule has 0 aromatic carbocycles. The van der Waals surface area contributed by atoms with Gasteiger partial charge in [-0.1, -0.05) is 31.2 Å². The maximum absolute atomic E-state index is 10.3. The number of likely N-dealkylation sites (N-methyl/N-ethyl adjacent to an activating group) is 1. The molecule has 0 aliphatic carbocycles. The first kappa shape index (κ1) is 11.0. The number of hydrogen-bond donors (Lipinski definition) is 0. The highest BCUT2D eigenvalue weighted by molar-refractivity contribution is 5.47. The van der Waals surface area contributed by atoms with Gasteiger partial charge in [0.15, 0.2) is 0 Å². The molecule has 0 heterocycles. The first-order chi connectivity index (χ1) is 5.72.